The molecule has 1 aromatic heterocycles. The number of thiophene rings is 1. The van der Waals surface area contributed by atoms with Gasteiger partial charge in [0.1, 0.15) is 0 Å². The van der Waals surface area contributed by atoms with E-state index in [0.29, 0.717) is 0 Å². The molecule has 0 amide bonds. The first-order chi connectivity index (χ1) is 5.29. The molecule has 0 aliphatic carbocycles. The fraction of sp³-hybridized carbons (Fsp3) is 0.111. The second kappa shape index (κ2) is 2.50. The molecule has 2 rings (SSSR count). The summed E-state index contributed by atoms with van der Waals surface area (Å²) in [5.41, 5.74) is 1.19. The summed E-state index contributed by atoms with van der Waals surface area (Å²) in [6.07, 6.45) is 0. The van der Waals surface area contributed by atoms with Gasteiger partial charge in [0.25, 0.3) is 0 Å². The van der Waals surface area contributed by atoms with Crippen molar-refractivity contribution >= 4 is 33.0 Å². The fourth-order valence-electron chi connectivity index (χ4n) is 1.16. The number of hydrogen-bond acceptors (Lipinski definition) is 1. The molecule has 0 aliphatic rings. The van der Waals surface area contributed by atoms with Crippen LogP contribution in [0, 0.1) is 6.92 Å². The molecule has 0 spiro atoms. The van der Waals surface area contributed by atoms with Gasteiger partial charge in [0.2, 0.25) is 0 Å². The molecule has 0 radical (unpaired) electrons. The Morgan fingerprint density at radius 1 is 1.27 bits per heavy atom. The summed E-state index contributed by atoms with van der Waals surface area (Å²) in [4.78, 5) is 0. The third-order valence-electron chi connectivity index (χ3n) is 1.84. The van der Waals surface area contributed by atoms with Crippen LogP contribution in [0.5, 0.6) is 0 Å². The molecule has 0 fully saturated rings. The SMILES string of the molecule is Cc1c(Cl)ccc2sccc12. The standard InChI is InChI=1S/C9H7ClS/c1-6-7-4-5-11-9(7)3-2-8(6)10/h2-5H,1H3. The van der Waals surface area contributed by atoms with Crippen molar-refractivity contribution in [3.8, 4) is 0 Å². The first-order valence-corrected chi connectivity index (χ1v) is 4.67. The smallest absolute Gasteiger partial charge is 0.0442 e. The molecule has 0 nitrogen and oxygen atoms in total. The van der Waals surface area contributed by atoms with Crippen LogP contribution in [0.1, 0.15) is 5.56 Å². The second-order valence-corrected chi connectivity index (χ2v) is 3.86. The van der Waals surface area contributed by atoms with Crippen molar-refractivity contribution in [2.45, 2.75) is 6.92 Å². The second-order valence-electron chi connectivity index (χ2n) is 2.50. The minimum atomic E-state index is 0.857. The molecule has 2 heteroatoms. The summed E-state index contributed by atoms with van der Waals surface area (Å²) in [6.45, 7) is 2.05. The maximum Gasteiger partial charge on any atom is 0.0442 e. The minimum absolute atomic E-state index is 0.857. The number of benzene rings is 1. The highest BCUT2D eigenvalue weighted by atomic mass is 35.5. The predicted octanol–water partition coefficient (Wildman–Crippen LogP) is 3.86. The van der Waals surface area contributed by atoms with E-state index in [2.05, 4.69) is 24.4 Å². The third-order valence-corrected chi connectivity index (χ3v) is 3.13. The van der Waals surface area contributed by atoms with E-state index in [-0.39, 0.29) is 0 Å². The van der Waals surface area contributed by atoms with Crippen LogP contribution in [0.4, 0.5) is 0 Å². The summed E-state index contributed by atoms with van der Waals surface area (Å²) in [5, 5.41) is 4.23. The molecule has 2 aromatic rings. The highest BCUT2D eigenvalue weighted by Gasteiger charge is 2.00. The molecule has 11 heavy (non-hydrogen) atoms. The highest BCUT2D eigenvalue weighted by molar-refractivity contribution is 7.17. The van der Waals surface area contributed by atoms with Crippen molar-refractivity contribution in [1.82, 2.24) is 0 Å². The van der Waals surface area contributed by atoms with Gasteiger partial charge in [-0.25, -0.2) is 0 Å². The van der Waals surface area contributed by atoms with Crippen LogP contribution < -0.4 is 0 Å². The quantitative estimate of drug-likeness (QED) is 0.581. The predicted molar refractivity (Wildman–Crippen MR) is 51.6 cm³/mol. The molecule has 56 valence electrons. The lowest BCUT2D eigenvalue weighted by molar-refractivity contribution is 1.55. The molecular weight excluding hydrogens is 176 g/mol. The summed E-state index contributed by atoms with van der Waals surface area (Å²) >= 11 is 7.70. The molecular formula is C9H7ClS. The van der Waals surface area contributed by atoms with Gasteiger partial charge >= 0.3 is 0 Å². The third kappa shape index (κ3) is 1.05. The Bertz CT molecular complexity index is 389. The number of halogens is 1. The van der Waals surface area contributed by atoms with E-state index in [9.17, 15) is 0 Å². The Kier molecular flexibility index (Phi) is 1.63. The van der Waals surface area contributed by atoms with Gasteiger partial charge in [0, 0.05) is 9.72 Å². The van der Waals surface area contributed by atoms with Crippen molar-refractivity contribution < 1.29 is 0 Å². The maximum atomic E-state index is 5.95. The number of hydrogen-bond donors (Lipinski definition) is 0. The van der Waals surface area contributed by atoms with Gasteiger partial charge < -0.3 is 0 Å². The van der Waals surface area contributed by atoms with E-state index in [1.807, 2.05) is 6.07 Å². The number of rotatable bonds is 0. The van der Waals surface area contributed by atoms with Crippen molar-refractivity contribution in [1.29, 1.82) is 0 Å². The van der Waals surface area contributed by atoms with Crippen LogP contribution in [0.15, 0.2) is 23.6 Å². The zero-order valence-electron chi connectivity index (χ0n) is 6.10. The van der Waals surface area contributed by atoms with Crippen molar-refractivity contribution in [2.75, 3.05) is 0 Å². The van der Waals surface area contributed by atoms with Crippen LogP contribution in [0.2, 0.25) is 5.02 Å². The lowest BCUT2D eigenvalue weighted by Crippen LogP contribution is -1.73. The zero-order chi connectivity index (χ0) is 7.84. The first-order valence-electron chi connectivity index (χ1n) is 3.41. The van der Waals surface area contributed by atoms with Gasteiger partial charge in [0.05, 0.1) is 0 Å². The van der Waals surface area contributed by atoms with Crippen molar-refractivity contribution in [2.24, 2.45) is 0 Å². The molecule has 0 N–H and O–H groups in total. The number of fused-ring (bicyclic) bond motifs is 1. The van der Waals surface area contributed by atoms with Crippen LogP contribution >= 0.6 is 22.9 Å². The first kappa shape index (κ1) is 7.14. The van der Waals surface area contributed by atoms with Crippen LogP contribution in [-0.4, -0.2) is 0 Å². The van der Waals surface area contributed by atoms with Crippen molar-refractivity contribution in [3.63, 3.8) is 0 Å². The molecule has 1 heterocycles. The minimum Gasteiger partial charge on any atom is -0.144 e. The molecule has 1 aromatic carbocycles. The summed E-state index contributed by atoms with van der Waals surface area (Å²) < 4.78 is 1.31. The molecule has 0 aliphatic heterocycles. The fourth-order valence-corrected chi connectivity index (χ4v) is 2.17. The van der Waals surface area contributed by atoms with E-state index < -0.39 is 0 Å². The number of aryl methyl sites for hydroxylation is 1. The average Bonchev–Trinajstić information content (AvgIpc) is 2.45. The lowest BCUT2D eigenvalue weighted by Gasteiger charge is -1.97. The Morgan fingerprint density at radius 3 is 2.91 bits per heavy atom. The van der Waals surface area contributed by atoms with E-state index in [4.69, 9.17) is 11.6 Å². The van der Waals surface area contributed by atoms with Gasteiger partial charge in [-0.3, -0.25) is 0 Å². The van der Waals surface area contributed by atoms with E-state index >= 15 is 0 Å². The highest BCUT2D eigenvalue weighted by Crippen LogP contribution is 2.28. The zero-order valence-corrected chi connectivity index (χ0v) is 7.67. The Hall–Kier alpha value is -0.530. The lowest BCUT2D eigenvalue weighted by atomic mass is 10.1. The largest absolute Gasteiger partial charge is 0.144 e. The van der Waals surface area contributed by atoms with Crippen molar-refractivity contribution in [3.05, 3.63) is 34.2 Å². The van der Waals surface area contributed by atoms with Gasteiger partial charge in [-0.05, 0) is 41.5 Å². The Labute approximate surface area is 74.4 Å². The molecule has 0 unspecified atom stereocenters. The molecule has 0 saturated carbocycles. The maximum absolute atomic E-state index is 5.95. The molecule has 0 bridgehead atoms. The normalized spacial score (nSPS) is 10.7. The molecule has 0 saturated heterocycles. The monoisotopic (exact) mass is 182 g/mol. The van der Waals surface area contributed by atoms with E-state index in [1.165, 1.54) is 15.6 Å². The van der Waals surface area contributed by atoms with E-state index in [0.717, 1.165) is 5.02 Å². The van der Waals surface area contributed by atoms with Gasteiger partial charge in [-0.15, -0.1) is 11.3 Å². The van der Waals surface area contributed by atoms with Crippen LogP contribution in [0.25, 0.3) is 10.1 Å². The van der Waals surface area contributed by atoms with Crippen LogP contribution in [0.3, 0.4) is 0 Å². The van der Waals surface area contributed by atoms with E-state index in [1.54, 1.807) is 11.3 Å². The van der Waals surface area contributed by atoms with Gasteiger partial charge in [0.15, 0.2) is 0 Å². The summed E-state index contributed by atoms with van der Waals surface area (Å²) in [5.74, 6) is 0. The topological polar surface area (TPSA) is 0 Å². The van der Waals surface area contributed by atoms with Gasteiger partial charge in [-0.1, -0.05) is 11.6 Å². The molecule has 0 atom stereocenters. The summed E-state index contributed by atoms with van der Waals surface area (Å²) in [6, 6.07) is 6.13. The van der Waals surface area contributed by atoms with Crippen LogP contribution in [-0.2, 0) is 0 Å². The Balaban J connectivity index is 2.93. The Morgan fingerprint density at radius 2 is 2.09 bits per heavy atom. The average molecular weight is 183 g/mol. The van der Waals surface area contributed by atoms with Gasteiger partial charge in [-0.2, -0.15) is 0 Å². The summed E-state index contributed by atoms with van der Waals surface area (Å²) in [7, 11) is 0.